The quantitative estimate of drug-likeness (QED) is 0.342. The summed E-state index contributed by atoms with van der Waals surface area (Å²) < 4.78 is 40.5. The van der Waals surface area contributed by atoms with Crippen molar-refractivity contribution in [3.05, 3.63) is 29.6 Å². The van der Waals surface area contributed by atoms with Gasteiger partial charge in [-0.15, -0.1) is 0 Å². The van der Waals surface area contributed by atoms with Crippen LogP contribution in [0.1, 0.15) is 37.7 Å². The molecule has 4 N–H and O–H groups in total. The molecule has 0 atom stereocenters. The van der Waals surface area contributed by atoms with Crippen LogP contribution in [0.3, 0.4) is 0 Å². The lowest BCUT2D eigenvalue weighted by atomic mass is 10.0. The first-order chi connectivity index (χ1) is 9.94. The molecule has 0 radical (unpaired) electrons. The first-order valence-corrected chi connectivity index (χ1v) is 8.28. The van der Waals surface area contributed by atoms with Crippen LogP contribution in [0.5, 0.6) is 0 Å². The van der Waals surface area contributed by atoms with Gasteiger partial charge in [0.15, 0.2) is 5.84 Å². The Bertz CT molecular complexity index is 640. The van der Waals surface area contributed by atoms with Gasteiger partial charge in [0, 0.05) is 5.69 Å². The smallest absolute Gasteiger partial charge is 0.235 e. The summed E-state index contributed by atoms with van der Waals surface area (Å²) in [7, 11) is -3.51. The molecule has 2 rings (SSSR count). The molecule has 0 bridgehead atoms. The molecule has 1 aromatic carbocycles. The zero-order valence-corrected chi connectivity index (χ0v) is 12.2. The van der Waals surface area contributed by atoms with Crippen LogP contribution < -0.4 is 10.5 Å². The zero-order valence-electron chi connectivity index (χ0n) is 11.4. The van der Waals surface area contributed by atoms with E-state index >= 15 is 0 Å². The Balaban J connectivity index is 2.23. The molecule has 116 valence electrons. The van der Waals surface area contributed by atoms with E-state index < -0.39 is 26.9 Å². The summed E-state index contributed by atoms with van der Waals surface area (Å²) in [5, 5.41) is 10.9. The third-order valence-electron chi connectivity index (χ3n) is 3.60. The fourth-order valence-corrected chi connectivity index (χ4v) is 4.04. The molecular formula is C13H18FN3O3S. The number of anilines is 1. The lowest BCUT2D eigenvalue weighted by molar-refractivity contribution is 0.318. The monoisotopic (exact) mass is 315 g/mol. The average molecular weight is 315 g/mol. The van der Waals surface area contributed by atoms with E-state index in [0.29, 0.717) is 12.8 Å². The lowest BCUT2D eigenvalue weighted by Crippen LogP contribution is -2.29. The first kappa shape index (κ1) is 15.6. The number of sulfonamides is 1. The Morgan fingerprint density at radius 3 is 2.62 bits per heavy atom. The maximum atomic E-state index is 13.5. The number of nitrogens with two attached hydrogens (primary N) is 1. The van der Waals surface area contributed by atoms with Gasteiger partial charge in [-0.25, -0.2) is 12.8 Å². The minimum Gasteiger partial charge on any atom is -0.409 e. The standard InChI is InChI=1S/C13H18FN3O3S/c14-12-7-6-9(8-11(12)13(15)16-18)17-21(19,20)10-4-2-1-3-5-10/h6-8,10,17-18H,1-5H2,(H2,15,16). The second-order valence-corrected chi connectivity index (χ2v) is 7.05. The van der Waals surface area contributed by atoms with E-state index in [1.54, 1.807) is 0 Å². The van der Waals surface area contributed by atoms with Crippen molar-refractivity contribution in [2.75, 3.05) is 4.72 Å². The maximum absolute atomic E-state index is 13.5. The number of amidine groups is 1. The number of hydrogen-bond acceptors (Lipinski definition) is 4. The Kier molecular flexibility index (Phi) is 4.66. The fraction of sp³-hybridized carbons (Fsp3) is 0.462. The summed E-state index contributed by atoms with van der Waals surface area (Å²) in [5.74, 6) is -1.10. The van der Waals surface area contributed by atoms with Crippen molar-refractivity contribution in [2.24, 2.45) is 10.9 Å². The molecule has 0 heterocycles. The van der Waals surface area contributed by atoms with E-state index in [-0.39, 0.29) is 11.3 Å². The van der Waals surface area contributed by atoms with Gasteiger partial charge >= 0.3 is 0 Å². The highest BCUT2D eigenvalue weighted by molar-refractivity contribution is 7.93. The van der Waals surface area contributed by atoms with E-state index in [0.717, 1.165) is 25.3 Å². The number of hydrogen-bond donors (Lipinski definition) is 3. The molecule has 1 fully saturated rings. The van der Waals surface area contributed by atoms with Gasteiger partial charge in [0.05, 0.1) is 10.8 Å². The molecule has 1 saturated carbocycles. The third-order valence-corrected chi connectivity index (χ3v) is 5.47. The molecule has 21 heavy (non-hydrogen) atoms. The molecule has 1 aromatic rings. The average Bonchev–Trinajstić information content (AvgIpc) is 2.49. The van der Waals surface area contributed by atoms with Gasteiger partial charge in [0.25, 0.3) is 0 Å². The molecule has 8 heteroatoms. The Hall–Kier alpha value is -1.83. The molecule has 0 saturated heterocycles. The van der Waals surface area contributed by atoms with Crippen LogP contribution >= 0.6 is 0 Å². The summed E-state index contributed by atoms with van der Waals surface area (Å²) >= 11 is 0. The topological polar surface area (TPSA) is 105 Å². The molecular weight excluding hydrogens is 297 g/mol. The lowest BCUT2D eigenvalue weighted by Gasteiger charge is -2.22. The molecule has 6 nitrogen and oxygen atoms in total. The second-order valence-electron chi connectivity index (χ2n) is 5.09. The highest BCUT2D eigenvalue weighted by Gasteiger charge is 2.27. The fourth-order valence-electron chi connectivity index (χ4n) is 2.46. The van der Waals surface area contributed by atoms with Crippen LogP contribution in [0.2, 0.25) is 0 Å². The molecule has 0 unspecified atom stereocenters. The van der Waals surface area contributed by atoms with Crippen molar-refractivity contribution in [1.82, 2.24) is 0 Å². The van der Waals surface area contributed by atoms with E-state index in [9.17, 15) is 12.8 Å². The van der Waals surface area contributed by atoms with E-state index in [2.05, 4.69) is 9.88 Å². The normalized spacial score (nSPS) is 17.7. The maximum Gasteiger partial charge on any atom is 0.235 e. The summed E-state index contributed by atoms with van der Waals surface area (Å²) in [6.07, 6.45) is 4.10. The van der Waals surface area contributed by atoms with Crippen molar-refractivity contribution in [3.8, 4) is 0 Å². The van der Waals surface area contributed by atoms with Crippen molar-refractivity contribution in [1.29, 1.82) is 0 Å². The van der Waals surface area contributed by atoms with E-state index in [1.807, 2.05) is 0 Å². The summed E-state index contributed by atoms with van der Waals surface area (Å²) in [6, 6.07) is 3.60. The zero-order chi connectivity index (χ0) is 15.5. The molecule has 0 spiro atoms. The van der Waals surface area contributed by atoms with Crippen molar-refractivity contribution in [3.63, 3.8) is 0 Å². The molecule has 0 aliphatic heterocycles. The van der Waals surface area contributed by atoms with Gasteiger partial charge in [-0.3, -0.25) is 4.72 Å². The summed E-state index contributed by atoms with van der Waals surface area (Å²) in [5.41, 5.74) is 5.40. The van der Waals surface area contributed by atoms with Crippen molar-refractivity contribution < 1.29 is 18.0 Å². The minimum atomic E-state index is -3.51. The van der Waals surface area contributed by atoms with Gasteiger partial charge in [0.2, 0.25) is 10.0 Å². The van der Waals surface area contributed by atoms with E-state index in [1.165, 1.54) is 12.1 Å². The predicted molar refractivity (Wildman–Crippen MR) is 78.3 cm³/mol. The van der Waals surface area contributed by atoms with Gasteiger partial charge in [-0.2, -0.15) is 0 Å². The largest absolute Gasteiger partial charge is 0.409 e. The minimum absolute atomic E-state index is 0.152. The summed E-state index contributed by atoms with van der Waals surface area (Å²) in [4.78, 5) is 0. The number of nitrogens with one attached hydrogen (secondary N) is 1. The van der Waals surface area contributed by atoms with Crippen LogP contribution in [0.15, 0.2) is 23.4 Å². The number of rotatable bonds is 4. The van der Waals surface area contributed by atoms with Crippen molar-refractivity contribution in [2.45, 2.75) is 37.4 Å². The summed E-state index contributed by atoms with van der Waals surface area (Å²) in [6.45, 7) is 0. The van der Waals surface area contributed by atoms with Crippen LogP contribution in [-0.4, -0.2) is 24.7 Å². The van der Waals surface area contributed by atoms with Crippen LogP contribution in [0.4, 0.5) is 10.1 Å². The molecule has 0 aromatic heterocycles. The Morgan fingerprint density at radius 1 is 1.33 bits per heavy atom. The first-order valence-electron chi connectivity index (χ1n) is 6.73. The van der Waals surface area contributed by atoms with Gasteiger partial charge in [-0.1, -0.05) is 24.4 Å². The van der Waals surface area contributed by atoms with Crippen LogP contribution in [0, 0.1) is 5.82 Å². The Morgan fingerprint density at radius 2 is 2.00 bits per heavy atom. The molecule has 0 amide bonds. The predicted octanol–water partition coefficient (Wildman–Crippen LogP) is 1.99. The van der Waals surface area contributed by atoms with Crippen molar-refractivity contribution >= 4 is 21.5 Å². The highest BCUT2D eigenvalue weighted by atomic mass is 32.2. The van der Waals surface area contributed by atoms with Crippen LogP contribution in [0.25, 0.3) is 0 Å². The number of halogens is 1. The number of oxime groups is 1. The highest BCUT2D eigenvalue weighted by Crippen LogP contribution is 2.25. The van der Waals surface area contributed by atoms with E-state index in [4.69, 9.17) is 10.9 Å². The third kappa shape index (κ3) is 3.63. The van der Waals surface area contributed by atoms with Gasteiger partial charge < -0.3 is 10.9 Å². The van der Waals surface area contributed by atoms with Gasteiger partial charge in [0.1, 0.15) is 5.82 Å². The van der Waals surface area contributed by atoms with Crippen LogP contribution in [-0.2, 0) is 10.0 Å². The van der Waals surface area contributed by atoms with Gasteiger partial charge in [-0.05, 0) is 31.0 Å². The number of nitrogens with zero attached hydrogens (tertiary/aromatic N) is 1. The second kappa shape index (κ2) is 6.30. The number of benzene rings is 1. The SMILES string of the molecule is NC(=NO)c1cc(NS(=O)(=O)C2CCCCC2)ccc1F. The Labute approximate surface area is 122 Å². The molecule has 1 aliphatic rings. The molecule has 1 aliphatic carbocycles.